The summed E-state index contributed by atoms with van der Waals surface area (Å²) in [5, 5.41) is 9.04. The second-order valence-corrected chi connectivity index (χ2v) is 9.48. The summed E-state index contributed by atoms with van der Waals surface area (Å²) in [6.45, 7) is 1.17. The number of likely N-dealkylation sites (tertiary alicyclic amines) is 1. The van der Waals surface area contributed by atoms with Crippen LogP contribution in [0, 0.1) is 0 Å². The summed E-state index contributed by atoms with van der Waals surface area (Å²) in [5.41, 5.74) is 5.78. The summed E-state index contributed by atoms with van der Waals surface area (Å²) in [6, 6.07) is 11.8. The summed E-state index contributed by atoms with van der Waals surface area (Å²) in [4.78, 5) is 25.5. The highest BCUT2D eigenvalue weighted by Crippen LogP contribution is 2.38. The first-order chi connectivity index (χ1) is 14.7. The molecule has 3 N–H and O–H groups in total. The number of rotatable bonds is 4. The molecule has 0 aromatic heterocycles. The van der Waals surface area contributed by atoms with Gasteiger partial charge in [-0.1, -0.05) is 0 Å². The van der Waals surface area contributed by atoms with E-state index in [1.54, 1.807) is 29.2 Å². The van der Waals surface area contributed by atoms with Gasteiger partial charge in [-0.15, -0.1) is 0 Å². The van der Waals surface area contributed by atoms with Crippen molar-refractivity contribution in [1.29, 1.82) is 0 Å². The number of carboxylic acids is 1. The van der Waals surface area contributed by atoms with E-state index in [9.17, 15) is 18.0 Å². The number of sulfonamides is 1. The summed E-state index contributed by atoms with van der Waals surface area (Å²) in [6.07, 6.45) is 0.695. The molecule has 31 heavy (non-hydrogen) atoms. The number of nitrogens with zero attached hydrogens (tertiary/aromatic N) is 2. The number of anilines is 1. The van der Waals surface area contributed by atoms with E-state index in [0.717, 1.165) is 0 Å². The molecule has 1 amide bonds. The van der Waals surface area contributed by atoms with Crippen molar-refractivity contribution in [3.8, 4) is 0 Å². The number of carbonyl (C=O) groups excluding carboxylic acids is 1. The van der Waals surface area contributed by atoms with Gasteiger partial charge in [0.05, 0.1) is 17.1 Å². The standard InChI is InChI=1S/C21H23N3O6S/c22-17-5-1-15(2-6-17)19(25)23-11-9-21(10-12-23)24(13-14-30-21)31(28,29)18-7-3-16(4-8-18)20(26)27/h1-8H,9-14,22H2,(H,26,27). The highest BCUT2D eigenvalue weighted by atomic mass is 32.2. The van der Waals surface area contributed by atoms with Gasteiger partial charge in [-0.2, -0.15) is 4.31 Å². The van der Waals surface area contributed by atoms with Crippen LogP contribution >= 0.6 is 0 Å². The molecule has 0 bridgehead atoms. The van der Waals surface area contributed by atoms with Gasteiger partial charge in [-0.05, 0) is 48.5 Å². The van der Waals surface area contributed by atoms with Gasteiger partial charge in [0.15, 0.2) is 0 Å². The van der Waals surface area contributed by atoms with Crippen molar-refractivity contribution in [3.05, 3.63) is 59.7 Å². The van der Waals surface area contributed by atoms with Gasteiger partial charge in [0, 0.05) is 43.7 Å². The van der Waals surface area contributed by atoms with Gasteiger partial charge >= 0.3 is 5.97 Å². The van der Waals surface area contributed by atoms with Crippen molar-refractivity contribution in [3.63, 3.8) is 0 Å². The molecule has 0 aliphatic carbocycles. The fourth-order valence-corrected chi connectivity index (χ4v) is 5.81. The normalized spacial score (nSPS) is 18.9. The molecule has 0 saturated carbocycles. The maximum absolute atomic E-state index is 13.3. The number of ether oxygens (including phenoxy) is 1. The molecular weight excluding hydrogens is 422 g/mol. The fraction of sp³-hybridized carbons (Fsp3) is 0.333. The third-order valence-electron chi connectivity index (χ3n) is 5.80. The largest absolute Gasteiger partial charge is 0.478 e. The molecule has 0 radical (unpaired) electrons. The van der Waals surface area contributed by atoms with Crippen LogP contribution in [0.1, 0.15) is 33.6 Å². The Morgan fingerprint density at radius 2 is 1.52 bits per heavy atom. The Kier molecular flexibility index (Phi) is 5.46. The molecule has 2 fully saturated rings. The van der Waals surface area contributed by atoms with Crippen molar-refractivity contribution in [2.75, 3.05) is 32.0 Å². The first-order valence-corrected chi connectivity index (χ1v) is 11.3. The molecule has 10 heteroatoms. The Hall–Kier alpha value is -2.95. The highest BCUT2D eigenvalue weighted by molar-refractivity contribution is 7.89. The van der Waals surface area contributed by atoms with E-state index in [4.69, 9.17) is 15.6 Å². The maximum atomic E-state index is 13.3. The number of aromatic carboxylic acids is 1. The number of piperidine rings is 1. The molecular formula is C21H23N3O6S. The molecule has 2 aliphatic rings. The van der Waals surface area contributed by atoms with Crippen molar-refractivity contribution in [2.24, 2.45) is 0 Å². The molecule has 2 aliphatic heterocycles. The van der Waals surface area contributed by atoms with Gasteiger partial charge in [-0.25, -0.2) is 13.2 Å². The van der Waals surface area contributed by atoms with Crippen LogP contribution in [-0.4, -0.2) is 66.6 Å². The lowest BCUT2D eigenvalue weighted by Gasteiger charge is -2.42. The van der Waals surface area contributed by atoms with Crippen molar-refractivity contribution >= 4 is 27.6 Å². The quantitative estimate of drug-likeness (QED) is 0.684. The van der Waals surface area contributed by atoms with Crippen LogP contribution in [0.15, 0.2) is 53.4 Å². The number of benzene rings is 2. The Morgan fingerprint density at radius 1 is 0.935 bits per heavy atom. The van der Waals surface area contributed by atoms with E-state index < -0.39 is 21.7 Å². The summed E-state index contributed by atoms with van der Waals surface area (Å²) >= 11 is 0. The third kappa shape index (κ3) is 3.89. The lowest BCUT2D eigenvalue weighted by Crippen LogP contribution is -2.55. The van der Waals surface area contributed by atoms with Gasteiger partial charge in [0.2, 0.25) is 10.0 Å². The fourth-order valence-electron chi connectivity index (χ4n) is 4.09. The molecule has 2 aromatic rings. The number of carbonyl (C=O) groups is 2. The summed E-state index contributed by atoms with van der Waals surface area (Å²) in [7, 11) is -3.89. The zero-order valence-corrected chi connectivity index (χ0v) is 17.5. The Morgan fingerprint density at radius 3 is 2.10 bits per heavy atom. The average molecular weight is 445 g/mol. The summed E-state index contributed by atoms with van der Waals surface area (Å²) in [5.74, 6) is -1.26. The molecule has 9 nitrogen and oxygen atoms in total. The molecule has 1 spiro atoms. The van der Waals surface area contributed by atoms with Gasteiger partial charge in [-0.3, -0.25) is 4.79 Å². The number of hydrogen-bond donors (Lipinski definition) is 2. The highest BCUT2D eigenvalue weighted by Gasteiger charge is 2.51. The van der Waals surface area contributed by atoms with Crippen LogP contribution < -0.4 is 5.73 Å². The van der Waals surface area contributed by atoms with Gasteiger partial charge < -0.3 is 20.5 Å². The number of nitrogen functional groups attached to an aromatic ring is 1. The Bertz CT molecular complexity index is 1090. The van der Waals surface area contributed by atoms with Crippen LogP contribution in [0.3, 0.4) is 0 Å². The van der Waals surface area contributed by atoms with Gasteiger partial charge in [0.25, 0.3) is 5.91 Å². The number of amides is 1. The first kappa shape index (κ1) is 21.3. The predicted molar refractivity (Wildman–Crippen MR) is 112 cm³/mol. The lowest BCUT2D eigenvalue weighted by molar-refractivity contribution is -0.0857. The number of carboxylic acid groups (broad SMARTS) is 1. The van der Waals surface area contributed by atoms with E-state index >= 15 is 0 Å². The number of nitrogens with two attached hydrogens (primary N) is 1. The smallest absolute Gasteiger partial charge is 0.335 e. The molecule has 0 atom stereocenters. The van der Waals surface area contributed by atoms with Crippen LogP contribution in [0.25, 0.3) is 0 Å². The molecule has 2 saturated heterocycles. The van der Waals surface area contributed by atoms with Crippen molar-refractivity contribution in [2.45, 2.75) is 23.5 Å². The van der Waals surface area contributed by atoms with E-state index in [1.165, 1.54) is 28.6 Å². The van der Waals surface area contributed by atoms with Crippen LogP contribution in [-0.2, 0) is 14.8 Å². The van der Waals surface area contributed by atoms with Crippen LogP contribution in [0.4, 0.5) is 5.69 Å². The zero-order chi connectivity index (χ0) is 22.2. The Balaban J connectivity index is 1.51. The first-order valence-electron chi connectivity index (χ1n) is 9.88. The van der Waals surface area contributed by atoms with E-state index in [0.29, 0.717) is 37.2 Å². The summed E-state index contributed by atoms with van der Waals surface area (Å²) < 4.78 is 33.8. The maximum Gasteiger partial charge on any atom is 0.335 e. The third-order valence-corrected chi connectivity index (χ3v) is 7.76. The van der Waals surface area contributed by atoms with Crippen molar-refractivity contribution < 1.29 is 27.9 Å². The monoisotopic (exact) mass is 445 g/mol. The minimum atomic E-state index is -3.89. The van der Waals surface area contributed by atoms with Gasteiger partial charge in [0.1, 0.15) is 5.72 Å². The van der Waals surface area contributed by atoms with Crippen LogP contribution in [0.5, 0.6) is 0 Å². The minimum Gasteiger partial charge on any atom is -0.478 e. The molecule has 0 unspecified atom stereocenters. The predicted octanol–water partition coefficient (Wildman–Crippen LogP) is 1.62. The van der Waals surface area contributed by atoms with E-state index in [-0.39, 0.29) is 29.5 Å². The second-order valence-electron chi connectivity index (χ2n) is 7.62. The molecule has 2 aromatic carbocycles. The zero-order valence-electron chi connectivity index (χ0n) is 16.7. The Labute approximate surface area is 180 Å². The SMILES string of the molecule is Nc1ccc(C(=O)N2CCC3(CC2)OCCN3S(=O)(=O)c2ccc(C(=O)O)cc2)cc1. The molecule has 4 rings (SSSR count). The van der Waals surface area contributed by atoms with Crippen molar-refractivity contribution in [1.82, 2.24) is 9.21 Å². The lowest BCUT2D eigenvalue weighted by atomic mass is 10.00. The molecule has 2 heterocycles. The van der Waals surface area contributed by atoms with Crippen LogP contribution in [0.2, 0.25) is 0 Å². The average Bonchev–Trinajstić information content (AvgIpc) is 3.18. The minimum absolute atomic E-state index is 0.0147. The van der Waals surface area contributed by atoms with E-state index in [1.807, 2.05) is 0 Å². The number of hydrogen-bond acceptors (Lipinski definition) is 6. The van der Waals surface area contributed by atoms with E-state index in [2.05, 4.69) is 0 Å². The molecule has 164 valence electrons. The topological polar surface area (TPSA) is 130 Å². The second kappa shape index (κ2) is 7.95.